The second-order valence-electron chi connectivity index (χ2n) is 9.79. The Labute approximate surface area is 222 Å². The van der Waals surface area contributed by atoms with Crippen molar-refractivity contribution < 1.29 is 23.7 Å². The van der Waals surface area contributed by atoms with Crippen molar-refractivity contribution in [3.8, 4) is 28.5 Å². The van der Waals surface area contributed by atoms with Gasteiger partial charge < -0.3 is 18.9 Å². The van der Waals surface area contributed by atoms with Gasteiger partial charge in [0.15, 0.2) is 11.5 Å². The highest BCUT2D eigenvalue weighted by Gasteiger charge is 2.18. The van der Waals surface area contributed by atoms with Crippen LogP contribution in [0, 0.1) is 0 Å². The van der Waals surface area contributed by atoms with Crippen LogP contribution in [0.3, 0.4) is 0 Å². The second kappa shape index (κ2) is 11.4. The van der Waals surface area contributed by atoms with Gasteiger partial charge >= 0.3 is 6.09 Å². The smallest absolute Gasteiger partial charge is 0.412 e. The van der Waals surface area contributed by atoms with Gasteiger partial charge in [0.25, 0.3) is 0 Å². The lowest BCUT2D eigenvalue weighted by Crippen LogP contribution is -2.27. The summed E-state index contributed by atoms with van der Waals surface area (Å²) in [5, 5.41) is 4.67. The van der Waals surface area contributed by atoms with Crippen molar-refractivity contribution >= 4 is 22.6 Å². The van der Waals surface area contributed by atoms with Crippen molar-refractivity contribution in [2.45, 2.75) is 39.2 Å². The third kappa shape index (κ3) is 6.51. The highest BCUT2D eigenvalue weighted by molar-refractivity contribution is 6.03. The van der Waals surface area contributed by atoms with Gasteiger partial charge in [0.05, 0.1) is 32.7 Å². The molecule has 1 amide bonds. The molecule has 3 aromatic carbocycles. The molecular weight excluding hydrogens is 482 g/mol. The number of fused-ring (bicyclic) bond motifs is 1. The molecule has 1 heterocycles. The van der Waals surface area contributed by atoms with Crippen molar-refractivity contribution in [1.82, 2.24) is 9.97 Å². The zero-order chi connectivity index (χ0) is 27.3. The number of carbonyl (C=O) groups excluding carboxylic acids is 1. The molecule has 1 aromatic heterocycles. The van der Waals surface area contributed by atoms with Crippen LogP contribution in [-0.2, 0) is 17.6 Å². The topological polar surface area (TPSA) is 91.8 Å². The maximum Gasteiger partial charge on any atom is 0.412 e. The maximum atomic E-state index is 12.6. The molecule has 4 rings (SSSR count). The quantitative estimate of drug-likeness (QED) is 0.288. The van der Waals surface area contributed by atoms with E-state index in [4.69, 9.17) is 23.9 Å². The Kier molecular flexibility index (Phi) is 8.00. The Bertz CT molecular complexity index is 1450. The van der Waals surface area contributed by atoms with Gasteiger partial charge in [-0.25, -0.2) is 14.8 Å². The number of aryl methyl sites for hydroxylation is 2. The predicted molar refractivity (Wildman–Crippen MR) is 148 cm³/mol. The lowest BCUT2D eigenvalue weighted by Gasteiger charge is -2.20. The Hall–Kier alpha value is -4.33. The lowest BCUT2D eigenvalue weighted by molar-refractivity contribution is 0.0636. The molecule has 0 saturated heterocycles. The summed E-state index contributed by atoms with van der Waals surface area (Å²) in [4.78, 5) is 21.9. The molecule has 4 aromatic rings. The molecule has 0 aliphatic rings. The van der Waals surface area contributed by atoms with Crippen LogP contribution in [0.2, 0.25) is 0 Å². The van der Waals surface area contributed by atoms with Gasteiger partial charge in [-0.15, -0.1) is 0 Å². The molecule has 0 aliphatic heterocycles. The minimum absolute atomic E-state index is 0.530. The number of ether oxygens (including phenoxy) is 4. The molecule has 198 valence electrons. The number of methoxy groups -OCH3 is 3. The Morgan fingerprint density at radius 1 is 0.868 bits per heavy atom. The minimum Gasteiger partial charge on any atom is -0.497 e. The van der Waals surface area contributed by atoms with Crippen LogP contribution in [0.5, 0.6) is 17.2 Å². The standard InChI is InChI=1S/C30H33N3O5/c1-30(2,3)38-29(34)33-25-17-21(16-20-9-10-22(35-4)18-23(20)25)24-13-14-31-28(32-24)12-8-19-7-11-26(36-5)27(15-19)37-6/h7,9-11,13-18H,8,12H2,1-6H3,(H,33,34). The summed E-state index contributed by atoms with van der Waals surface area (Å²) in [5.41, 5.74) is 2.69. The number of benzene rings is 3. The van der Waals surface area contributed by atoms with Gasteiger partial charge in [-0.05, 0) is 80.6 Å². The van der Waals surface area contributed by atoms with Gasteiger partial charge in [0, 0.05) is 23.6 Å². The number of anilines is 1. The van der Waals surface area contributed by atoms with Gasteiger partial charge in [0.2, 0.25) is 0 Å². The third-order valence-corrected chi connectivity index (χ3v) is 5.88. The maximum absolute atomic E-state index is 12.6. The van der Waals surface area contributed by atoms with E-state index in [2.05, 4.69) is 10.3 Å². The van der Waals surface area contributed by atoms with Crippen LogP contribution in [0.25, 0.3) is 22.0 Å². The first-order chi connectivity index (χ1) is 18.2. The molecule has 1 N–H and O–H groups in total. The number of nitrogens with zero attached hydrogens (tertiary/aromatic N) is 2. The summed E-state index contributed by atoms with van der Waals surface area (Å²) < 4.78 is 21.6. The van der Waals surface area contributed by atoms with Crippen molar-refractivity contribution in [3.05, 3.63) is 72.2 Å². The molecule has 0 fully saturated rings. The number of carbonyl (C=O) groups is 1. The fourth-order valence-corrected chi connectivity index (χ4v) is 4.10. The van der Waals surface area contributed by atoms with Crippen LogP contribution in [0.1, 0.15) is 32.2 Å². The average Bonchev–Trinajstić information content (AvgIpc) is 2.90. The third-order valence-electron chi connectivity index (χ3n) is 5.88. The molecule has 8 heteroatoms. The number of hydrogen-bond acceptors (Lipinski definition) is 7. The second-order valence-corrected chi connectivity index (χ2v) is 9.79. The fourth-order valence-electron chi connectivity index (χ4n) is 4.10. The molecule has 8 nitrogen and oxygen atoms in total. The summed E-state index contributed by atoms with van der Waals surface area (Å²) in [6, 6.07) is 17.4. The van der Waals surface area contributed by atoms with Crippen LogP contribution in [-0.4, -0.2) is 43.0 Å². The van der Waals surface area contributed by atoms with Crippen LogP contribution in [0.15, 0.2) is 60.8 Å². The predicted octanol–water partition coefficient (Wildman–Crippen LogP) is 6.45. The molecule has 0 bridgehead atoms. The summed E-state index contributed by atoms with van der Waals surface area (Å²) in [5.74, 6) is 2.79. The molecule has 38 heavy (non-hydrogen) atoms. The fraction of sp³-hybridized carbons (Fsp3) is 0.300. The van der Waals surface area contributed by atoms with E-state index in [0.717, 1.165) is 34.0 Å². The molecule has 0 spiro atoms. The molecule has 0 saturated carbocycles. The van der Waals surface area contributed by atoms with Crippen molar-refractivity contribution in [2.24, 2.45) is 0 Å². The lowest BCUT2D eigenvalue weighted by atomic mass is 10.0. The van der Waals surface area contributed by atoms with E-state index in [9.17, 15) is 4.79 Å². The SMILES string of the molecule is COc1ccc2cc(-c3ccnc(CCc4ccc(OC)c(OC)c4)n3)cc(NC(=O)OC(C)(C)C)c2c1. The highest BCUT2D eigenvalue weighted by Crippen LogP contribution is 2.33. The van der Waals surface area contributed by atoms with E-state index < -0.39 is 11.7 Å². The monoisotopic (exact) mass is 515 g/mol. The van der Waals surface area contributed by atoms with E-state index in [0.29, 0.717) is 35.2 Å². The first-order valence-electron chi connectivity index (χ1n) is 12.3. The van der Waals surface area contributed by atoms with Crippen LogP contribution >= 0.6 is 0 Å². The number of amides is 1. The van der Waals surface area contributed by atoms with E-state index in [1.165, 1.54) is 0 Å². The van der Waals surface area contributed by atoms with E-state index in [1.54, 1.807) is 27.5 Å². The van der Waals surface area contributed by atoms with Gasteiger partial charge in [-0.2, -0.15) is 0 Å². The van der Waals surface area contributed by atoms with Crippen LogP contribution in [0.4, 0.5) is 10.5 Å². The van der Waals surface area contributed by atoms with E-state index in [-0.39, 0.29) is 0 Å². The Morgan fingerprint density at radius 3 is 2.37 bits per heavy atom. The summed E-state index contributed by atoms with van der Waals surface area (Å²) in [6.07, 6.45) is 2.62. The molecular formula is C30H33N3O5. The van der Waals surface area contributed by atoms with Crippen molar-refractivity contribution in [3.63, 3.8) is 0 Å². The summed E-state index contributed by atoms with van der Waals surface area (Å²) >= 11 is 0. The molecule has 0 atom stereocenters. The van der Waals surface area contributed by atoms with E-state index >= 15 is 0 Å². The Balaban J connectivity index is 1.63. The number of hydrogen-bond donors (Lipinski definition) is 1. The van der Waals surface area contributed by atoms with Crippen LogP contribution < -0.4 is 19.5 Å². The zero-order valence-corrected chi connectivity index (χ0v) is 22.6. The number of aromatic nitrogens is 2. The number of rotatable bonds is 8. The zero-order valence-electron chi connectivity index (χ0n) is 22.6. The Morgan fingerprint density at radius 2 is 1.66 bits per heavy atom. The van der Waals surface area contributed by atoms with Gasteiger partial charge in [-0.1, -0.05) is 12.1 Å². The average molecular weight is 516 g/mol. The summed E-state index contributed by atoms with van der Waals surface area (Å²) in [7, 11) is 4.86. The van der Waals surface area contributed by atoms with E-state index in [1.807, 2.05) is 75.4 Å². The molecule has 0 unspecified atom stereocenters. The van der Waals surface area contributed by atoms with Crippen molar-refractivity contribution in [2.75, 3.05) is 26.6 Å². The molecule has 0 aliphatic carbocycles. The normalized spacial score (nSPS) is 11.2. The first-order valence-corrected chi connectivity index (χ1v) is 12.3. The van der Waals surface area contributed by atoms with Gasteiger partial charge in [-0.3, -0.25) is 5.32 Å². The largest absolute Gasteiger partial charge is 0.497 e. The van der Waals surface area contributed by atoms with Crippen molar-refractivity contribution in [1.29, 1.82) is 0 Å². The van der Waals surface area contributed by atoms with Gasteiger partial charge in [0.1, 0.15) is 17.2 Å². The number of nitrogens with one attached hydrogen (secondary N) is 1. The molecule has 0 radical (unpaired) electrons. The minimum atomic E-state index is -0.620. The highest BCUT2D eigenvalue weighted by atomic mass is 16.6. The summed E-state index contributed by atoms with van der Waals surface area (Å²) in [6.45, 7) is 5.48. The first kappa shape index (κ1) is 26.7.